The van der Waals surface area contributed by atoms with Gasteiger partial charge in [-0.15, -0.1) is 10.2 Å². The second-order valence-electron chi connectivity index (χ2n) is 8.58. The Labute approximate surface area is 145 Å². The Morgan fingerprint density at radius 3 is 2.58 bits per heavy atom. The number of nitrogens with zero attached hydrogens (tertiary/aromatic N) is 4. The topological polar surface area (TPSA) is 51.0 Å². The first-order valence-electron chi connectivity index (χ1n) is 9.59. The maximum absolute atomic E-state index is 12.6. The molecule has 2 aliphatic rings. The van der Waals surface area contributed by atoms with Crippen LogP contribution in [0.5, 0.6) is 0 Å². The first-order chi connectivity index (χ1) is 11.4. The lowest BCUT2D eigenvalue weighted by Gasteiger charge is -2.37. The van der Waals surface area contributed by atoms with Crippen LogP contribution in [-0.4, -0.2) is 38.7 Å². The van der Waals surface area contributed by atoms with Crippen molar-refractivity contribution in [3.63, 3.8) is 0 Å². The van der Waals surface area contributed by atoms with Crippen LogP contribution in [0.2, 0.25) is 0 Å². The molecule has 1 unspecified atom stereocenters. The zero-order valence-electron chi connectivity index (χ0n) is 15.7. The summed E-state index contributed by atoms with van der Waals surface area (Å²) in [5.74, 6) is 2.36. The SMILES string of the molecule is CC(C)Cn1cnnc1C1CN(C(=O)C(C)C)CC12CCCCC2. The Hall–Kier alpha value is -1.39. The van der Waals surface area contributed by atoms with E-state index in [9.17, 15) is 4.79 Å². The molecule has 134 valence electrons. The lowest BCUT2D eigenvalue weighted by Crippen LogP contribution is -2.36. The fraction of sp³-hybridized carbons (Fsp3) is 0.842. The number of rotatable bonds is 4. The summed E-state index contributed by atoms with van der Waals surface area (Å²) in [4.78, 5) is 14.7. The fourth-order valence-electron chi connectivity index (χ4n) is 4.69. The first kappa shape index (κ1) is 17.4. The van der Waals surface area contributed by atoms with E-state index in [-0.39, 0.29) is 17.2 Å². The molecule has 0 radical (unpaired) electrons. The highest BCUT2D eigenvalue weighted by Gasteiger charge is 2.50. The van der Waals surface area contributed by atoms with E-state index < -0.39 is 0 Å². The predicted molar refractivity (Wildman–Crippen MR) is 94.5 cm³/mol. The molecule has 1 aliphatic carbocycles. The summed E-state index contributed by atoms with van der Waals surface area (Å²) in [7, 11) is 0. The predicted octanol–water partition coefficient (Wildman–Crippen LogP) is 3.47. The molecule has 5 heteroatoms. The highest BCUT2D eigenvalue weighted by atomic mass is 16.2. The van der Waals surface area contributed by atoms with Crippen molar-refractivity contribution in [2.75, 3.05) is 13.1 Å². The van der Waals surface area contributed by atoms with Gasteiger partial charge in [0.2, 0.25) is 5.91 Å². The molecule has 0 bridgehead atoms. The quantitative estimate of drug-likeness (QED) is 0.848. The number of carbonyl (C=O) groups is 1. The van der Waals surface area contributed by atoms with Gasteiger partial charge >= 0.3 is 0 Å². The minimum absolute atomic E-state index is 0.0675. The summed E-state index contributed by atoms with van der Waals surface area (Å²) >= 11 is 0. The van der Waals surface area contributed by atoms with E-state index >= 15 is 0 Å². The van der Waals surface area contributed by atoms with Gasteiger partial charge in [0.1, 0.15) is 12.2 Å². The van der Waals surface area contributed by atoms with Crippen molar-refractivity contribution in [1.29, 1.82) is 0 Å². The minimum Gasteiger partial charge on any atom is -0.341 e. The molecule has 1 amide bonds. The van der Waals surface area contributed by atoms with Gasteiger partial charge in [-0.2, -0.15) is 0 Å². The average molecular weight is 332 g/mol. The molecule has 2 heterocycles. The Balaban J connectivity index is 1.91. The van der Waals surface area contributed by atoms with Crippen molar-refractivity contribution in [2.24, 2.45) is 17.3 Å². The average Bonchev–Trinajstić information content (AvgIpc) is 3.11. The van der Waals surface area contributed by atoms with Gasteiger partial charge in [0.25, 0.3) is 0 Å². The smallest absolute Gasteiger partial charge is 0.225 e. The third-order valence-electron chi connectivity index (χ3n) is 5.82. The molecule has 1 aliphatic heterocycles. The molecule has 1 aromatic rings. The monoisotopic (exact) mass is 332 g/mol. The van der Waals surface area contributed by atoms with Gasteiger partial charge in [-0.05, 0) is 24.2 Å². The van der Waals surface area contributed by atoms with E-state index in [2.05, 4.69) is 33.5 Å². The van der Waals surface area contributed by atoms with Crippen LogP contribution in [0.3, 0.4) is 0 Å². The molecular formula is C19H32N4O. The summed E-state index contributed by atoms with van der Waals surface area (Å²) in [6.45, 7) is 11.1. The number of hydrogen-bond acceptors (Lipinski definition) is 3. The highest BCUT2D eigenvalue weighted by molar-refractivity contribution is 5.78. The van der Waals surface area contributed by atoms with Crippen molar-refractivity contribution in [2.45, 2.75) is 72.3 Å². The number of aromatic nitrogens is 3. The normalized spacial score (nSPS) is 23.6. The maximum Gasteiger partial charge on any atom is 0.225 e. The summed E-state index contributed by atoms with van der Waals surface area (Å²) in [5.41, 5.74) is 0.213. The molecule has 1 saturated carbocycles. The lowest BCUT2D eigenvalue weighted by atomic mass is 9.67. The largest absolute Gasteiger partial charge is 0.341 e. The van der Waals surface area contributed by atoms with Crippen LogP contribution in [-0.2, 0) is 11.3 Å². The van der Waals surface area contributed by atoms with Crippen molar-refractivity contribution in [3.05, 3.63) is 12.2 Å². The molecule has 1 spiro atoms. The Kier molecular flexibility index (Phi) is 4.97. The highest BCUT2D eigenvalue weighted by Crippen LogP contribution is 2.51. The molecule has 1 aromatic heterocycles. The standard InChI is InChI=1S/C19H32N4O/c1-14(2)10-23-13-20-21-17(23)16-11-22(18(24)15(3)4)12-19(16)8-6-5-7-9-19/h13-16H,5-12H2,1-4H3. The summed E-state index contributed by atoms with van der Waals surface area (Å²) in [6, 6.07) is 0. The maximum atomic E-state index is 12.6. The zero-order chi connectivity index (χ0) is 17.3. The van der Waals surface area contributed by atoms with Gasteiger partial charge in [-0.3, -0.25) is 4.79 Å². The lowest BCUT2D eigenvalue weighted by molar-refractivity contribution is -0.133. The van der Waals surface area contributed by atoms with E-state index in [1.54, 1.807) is 0 Å². The van der Waals surface area contributed by atoms with Crippen LogP contribution in [0.25, 0.3) is 0 Å². The number of likely N-dealkylation sites (tertiary alicyclic amines) is 1. The van der Waals surface area contributed by atoms with Gasteiger partial charge in [-0.25, -0.2) is 0 Å². The zero-order valence-corrected chi connectivity index (χ0v) is 15.7. The third-order valence-corrected chi connectivity index (χ3v) is 5.82. The van der Waals surface area contributed by atoms with Crippen molar-refractivity contribution in [3.8, 4) is 0 Å². The van der Waals surface area contributed by atoms with Gasteiger partial charge < -0.3 is 9.47 Å². The Morgan fingerprint density at radius 1 is 1.25 bits per heavy atom. The van der Waals surface area contributed by atoms with Crippen LogP contribution in [0.1, 0.15) is 71.5 Å². The van der Waals surface area contributed by atoms with E-state index in [0.29, 0.717) is 11.8 Å². The van der Waals surface area contributed by atoms with E-state index in [4.69, 9.17) is 0 Å². The summed E-state index contributed by atoms with van der Waals surface area (Å²) < 4.78 is 2.23. The van der Waals surface area contributed by atoms with Gasteiger partial charge in [0, 0.05) is 31.5 Å². The van der Waals surface area contributed by atoms with E-state index in [1.165, 1.54) is 32.1 Å². The Bertz CT molecular complexity index is 572. The summed E-state index contributed by atoms with van der Waals surface area (Å²) in [6.07, 6.45) is 8.18. The molecular weight excluding hydrogens is 300 g/mol. The summed E-state index contributed by atoms with van der Waals surface area (Å²) in [5, 5.41) is 8.73. The van der Waals surface area contributed by atoms with E-state index in [0.717, 1.165) is 25.5 Å². The second-order valence-corrected chi connectivity index (χ2v) is 8.58. The molecule has 1 saturated heterocycles. The first-order valence-corrected chi connectivity index (χ1v) is 9.59. The number of hydrogen-bond donors (Lipinski definition) is 0. The van der Waals surface area contributed by atoms with Crippen LogP contribution in [0, 0.1) is 17.3 Å². The molecule has 24 heavy (non-hydrogen) atoms. The molecule has 1 atom stereocenters. The molecule has 5 nitrogen and oxygen atoms in total. The molecule has 2 fully saturated rings. The van der Waals surface area contributed by atoms with Crippen LogP contribution in [0.4, 0.5) is 0 Å². The van der Waals surface area contributed by atoms with Crippen molar-refractivity contribution < 1.29 is 4.79 Å². The minimum atomic E-state index is 0.0675. The van der Waals surface area contributed by atoms with Crippen LogP contribution in [0.15, 0.2) is 6.33 Å². The number of carbonyl (C=O) groups excluding carboxylic acids is 1. The second kappa shape index (κ2) is 6.85. The van der Waals surface area contributed by atoms with Gasteiger partial charge in [0.15, 0.2) is 0 Å². The van der Waals surface area contributed by atoms with E-state index in [1.807, 2.05) is 20.2 Å². The van der Waals surface area contributed by atoms with Crippen molar-refractivity contribution >= 4 is 5.91 Å². The molecule has 0 aromatic carbocycles. The van der Waals surface area contributed by atoms with Gasteiger partial charge in [-0.1, -0.05) is 47.0 Å². The fourth-order valence-corrected chi connectivity index (χ4v) is 4.69. The van der Waals surface area contributed by atoms with Crippen LogP contribution < -0.4 is 0 Å². The Morgan fingerprint density at radius 2 is 1.96 bits per heavy atom. The molecule has 0 N–H and O–H groups in total. The molecule has 3 rings (SSSR count). The van der Waals surface area contributed by atoms with Crippen molar-refractivity contribution in [1.82, 2.24) is 19.7 Å². The third kappa shape index (κ3) is 3.22. The van der Waals surface area contributed by atoms with Crippen LogP contribution >= 0.6 is 0 Å². The number of amides is 1. The van der Waals surface area contributed by atoms with Gasteiger partial charge in [0.05, 0.1) is 0 Å².